The van der Waals surface area contributed by atoms with Gasteiger partial charge in [0, 0.05) is 11.9 Å². The number of alkyl halides is 1. The summed E-state index contributed by atoms with van der Waals surface area (Å²) in [7, 11) is 0. The molecular weight excluding hydrogens is 253 g/mol. The smallest absolute Gasteiger partial charge is 0.304 e. The van der Waals surface area contributed by atoms with Crippen molar-refractivity contribution in [2.24, 2.45) is 0 Å². The Morgan fingerprint density at radius 1 is 1.47 bits per heavy atom. The van der Waals surface area contributed by atoms with Gasteiger partial charge in [0.15, 0.2) is 0 Å². The number of hydrogen-bond donors (Lipinski definition) is 2. The first-order valence-electron chi connectivity index (χ1n) is 4.83. The van der Waals surface area contributed by atoms with Gasteiger partial charge in [0.1, 0.15) is 6.10 Å². The molecule has 0 fully saturated rings. The predicted molar refractivity (Wildman–Crippen MR) is 59.4 cm³/mol. The van der Waals surface area contributed by atoms with Crippen LogP contribution in [0.1, 0.15) is 18.1 Å². The maximum Gasteiger partial charge on any atom is 0.304 e. The van der Waals surface area contributed by atoms with Gasteiger partial charge in [-0.2, -0.15) is 4.39 Å². The first kappa shape index (κ1) is 13.8. The molecule has 0 aliphatic heterocycles. The van der Waals surface area contributed by atoms with Crippen LogP contribution in [-0.4, -0.2) is 27.1 Å². The molecule has 94 valence electrons. The van der Waals surface area contributed by atoms with E-state index >= 15 is 0 Å². The van der Waals surface area contributed by atoms with Crippen LogP contribution in [-0.2, 0) is 0 Å². The average molecular weight is 264 g/mol. The summed E-state index contributed by atoms with van der Waals surface area (Å²) in [6.45, 7) is 0. The van der Waals surface area contributed by atoms with Gasteiger partial charge in [0.25, 0.3) is 0 Å². The van der Waals surface area contributed by atoms with E-state index in [1.807, 2.05) is 0 Å². The van der Waals surface area contributed by atoms with Crippen LogP contribution in [0.25, 0.3) is 0 Å². The zero-order chi connectivity index (χ0) is 13.0. The maximum atomic E-state index is 13.2. The van der Waals surface area contributed by atoms with Crippen LogP contribution in [0.4, 0.5) is 10.1 Å². The largest absolute Gasteiger partial charge is 0.390 e. The molecule has 1 aromatic carbocycles. The molecule has 7 heteroatoms. The lowest BCUT2D eigenvalue weighted by atomic mass is 10.0. The van der Waals surface area contributed by atoms with Crippen molar-refractivity contribution in [3.8, 4) is 0 Å². The van der Waals surface area contributed by atoms with Crippen molar-refractivity contribution < 1.29 is 19.5 Å². The lowest BCUT2D eigenvalue weighted by molar-refractivity contribution is -0.387. The SMILES string of the molecule is O=[N+]([O-])c1ccc(C(O)C(O)CCCl)cc1F. The zero-order valence-electron chi connectivity index (χ0n) is 8.72. The number of rotatable bonds is 5. The molecule has 0 saturated carbocycles. The lowest BCUT2D eigenvalue weighted by Gasteiger charge is -2.16. The van der Waals surface area contributed by atoms with Crippen molar-refractivity contribution in [3.05, 3.63) is 39.7 Å². The van der Waals surface area contributed by atoms with Gasteiger partial charge in [-0.1, -0.05) is 0 Å². The Balaban J connectivity index is 2.93. The van der Waals surface area contributed by atoms with E-state index in [1.165, 1.54) is 6.07 Å². The van der Waals surface area contributed by atoms with Gasteiger partial charge in [0.05, 0.1) is 11.0 Å². The molecule has 0 aliphatic carbocycles. The molecule has 0 bridgehead atoms. The van der Waals surface area contributed by atoms with E-state index in [-0.39, 0.29) is 17.9 Å². The minimum absolute atomic E-state index is 0.0747. The molecule has 1 rings (SSSR count). The van der Waals surface area contributed by atoms with Gasteiger partial charge < -0.3 is 10.2 Å². The number of nitrogens with zero attached hydrogens (tertiary/aromatic N) is 1. The Morgan fingerprint density at radius 3 is 2.59 bits per heavy atom. The van der Waals surface area contributed by atoms with Crippen LogP contribution in [0.15, 0.2) is 18.2 Å². The second-order valence-electron chi connectivity index (χ2n) is 3.46. The summed E-state index contributed by atoms with van der Waals surface area (Å²) in [5, 5.41) is 29.5. The van der Waals surface area contributed by atoms with Crippen molar-refractivity contribution in [1.29, 1.82) is 0 Å². The van der Waals surface area contributed by atoms with Gasteiger partial charge >= 0.3 is 5.69 Å². The molecule has 0 aliphatic rings. The fraction of sp³-hybridized carbons (Fsp3) is 0.400. The number of aliphatic hydroxyl groups excluding tert-OH is 2. The van der Waals surface area contributed by atoms with Gasteiger partial charge in [0.2, 0.25) is 5.82 Å². The molecule has 2 unspecified atom stereocenters. The highest BCUT2D eigenvalue weighted by molar-refractivity contribution is 6.17. The fourth-order valence-electron chi connectivity index (χ4n) is 1.35. The van der Waals surface area contributed by atoms with Crippen LogP contribution in [0.3, 0.4) is 0 Å². The first-order chi connectivity index (χ1) is 7.97. The Bertz CT molecular complexity index is 415. The molecule has 0 heterocycles. The molecule has 0 radical (unpaired) electrons. The second-order valence-corrected chi connectivity index (χ2v) is 3.84. The summed E-state index contributed by atoms with van der Waals surface area (Å²) < 4.78 is 13.2. The lowest BCUT2D eigenvalue weighted by Crippen LogP contribution is -2.18. The van der Waals surface area contributed by atoms with E-state index in [4.69, 9.17) is 11.6 Å². The van der Waals surface area contributed by atoms with E-state index in [0.717, 1.165) is 12.1 Å². The predicted octanol–water partition coefficient (Wildman–Crippen LogP) is 1.76. The topological polar surface area (TPSA) is 83.6 Å². The summed E-state index contributed by atoms with van der Waals surface area (Å²) in [5.74, 6) is -0.905. The Morgan fingerprint density at radius 2 is 2.12 bits per heavy atom. The summed E-state index contributed by atoms with van der Waals surface area (Å²) in [6, 6.07) is 2.98. The normalized spacial score (nSPS) is 14.4. The molecule has 0 saturated heterocycles. The molecule has 1 aromatic rings. The van der Waals surface area contributed by atoms with E-state index in [1.54, 1.807) is 0 Å². The van der Waals surface area contributed by atoms with Gasteiger partial charge in [-0.15, -0.1) is 11.6 Å². The number of nitro benzene ring substituents is 1. The van der Waals surface area contributed by atoms with Crippen LogP contribution in [0, 0.1) is 15.9 Å². The minimum Gasteiger partial charge on any atom is -0.390 e. The first-order valence-corrected chi connectivity index (χ1v) is 5.36. The molecule has 2 atom stereocenters. The van der Waals surface area contributed by atoms with Crippen molar-refractivity contribution in [3.63, 3.8) is 0 Å². The fourth-order valence-corrected chi connectivity index (χ4v) is 1.57. The highest BCUT2D eigenvalue weighted by Crippen LogP contribution is 2.24. The molecule has 2 N–H and O–H groups in total. The zero-order valence-corrected chi connectivity index (χ0v) is 9.47. The number of nitro groups is 1. The highest BCUT2D eigenvalue weighted by atomic mass is 35.5. The van der Waals surface area contributed by atoms with Crippen LogP contribution in [0.5, 0.6) is 0 Å². The van der Waals surface area contributed by atoms with Gasteiger partial charge in [-0.3, -0.25) is 10.1 Å². The average Bonchev–Trinajstić information content (AvgIpc) is 2.27. The number of halogens is 2. The highest BCUT2D eigenvalue weighted by Gasteiger charge is 2.21. The molecule has 0 amide bonds. The van der Waals surface area contributed by atoms with E-state index in [9.17, 15) is 24.7 Å². The molecule has 5 nitrogen and oxygen atoms in total. The third-order valence-corrected chi connectivity index (χ3v) is 2.50. The third-order valence-electron chi connectivity index (χ3n) is 2.28. The molecule has 0 spiro atoms. The second kappa shape index (κ2) is 5.90. The third kappa shape index (κ3) is 3.36. The Hall–Kier alpha value is -1.24. The maximum absolute atomic E-state index is 13.2. The van der Waals surface area contributed by atoms with E-state index < -0.39 is 28.6 Å². The quantitative estimate of drug-likeness (QED) is 0.482. The van der Waals surface area contributed by atoms with Crippen molar-refractivity contribution >= 4 is 17.3 Å². The molecular formula is C10H11ClFNO4. The van der Waals surface area contributed by atoms with Gasteiger partial charge in [-0.25, -0.2) is 0 Å². The molecule has 0 aromatic heterocycles. The Labute approximate surface area is 102 Å². The Kier molecular flexibility index (Phi) is 4.80. The van der Waals surface area contributed by atoms with Crippen molar-refractivity contribution in [1.82, 2.24) is 0 Å². The van der Waals surface area contributed by atoms with Crippen molar-refractivity contribution in [2.75, 3.05) is 5.88 Å². The summed E-state index contributed by atoms with van der Waals surface area (Å²) >= 11 is 5.39. The van der Waals surface area contributed by atoms with Gasteiger partial charge in [-0.05, 0) is 24.1 Å². The van der Waals surface area contributed by atoms with Crippen LogP contribution in [0.2, 0.25) is 0 Å². The van der Waals surface area contributed by atoms with E-state index in [0.29, 0.717) is 0 Å². The molecule has 17 heavy (non-hydrogen) atoms. The number of aliphatic hydroxyl groups is 2. The number of hydrogen-bond acceptors (Lipinski definition) is 4. The van der Waals surface area contributed by atoms with Crippen molar-refractivity contribution in [2.45, 2.75) is 18.6 Å². The summed E-state index contributed by atoms with van der Waals surface area (Å²) in [4.78, 5) is 9.52. The summed E-state index contributed by atoms with van der Waals surface area (Å²) in [6.07, 6.45) is -2.31. The summed E-state index contributed by atoms with van der Waals surface area (Å²) in [5.41, 5.74) is -0.599. The number of benzene rings is 1. The van der Waals surface area contributed by atoms with Crippen LogP contribution >= 0.6 is 11.6 Å². The standard InChI is InChI=1S/C10H11ClFNO4/c11-4-3-9(14)10(15)6-1-2-8(13(16)17)7(12)5-6/h1-2,5,9-10,14-15H,3-4H2. The monoisotopic (exact) mass is 263 g/mol. The minimum atomic E-state index is -1.32. The van der Waals surface area contributed by atoms with Crippen LogP contribution < -0.4 is 0 Å². The van der Waals surface area contributed by atoms with E-state index in [2.05, 4.69) is 0 Å².